The number of carbonyl (C=O) groups is 3. The Kier molecular flexibility index (Phi) is 8.78. The molecular weight excluding hydrogens is 556 g/mol. The Labute approximate surface area is 258 Å². The average Bonchev–Trinajstić information content (AvgIpc) is 3.34. The van der Waals surface area contributed by atoms with Gasteiger partial charge in [0.2, 0.25) is 5.91 Å². The van der Waals surface area contributed by atoms with Crippen LogP contribution < -0.4 is 9.47 Å². The zero-order chi connectivity index (χ0) is 31.6. The maximum atomic E-state index is 14.8. The summed E-state index contributed by atoms with van der Waals surface area (Å²) in [5.41, 5.74) is 1.16. The van der Waals surface area contributed by atoms with Crippen molar-refractivity contribution in [1.82, 2.24) is 4.90 Å². The number of ether oxygens (including phenoxy) is 2. The van der Waals surface area contributed by atoms with Gasteiger partial charge < -0.3 is 19.5 Å². The summed E-state index contributed by atoms with van der Waals surface area (Å²) >= 11 is 0. The average molecular weight is 595 g/mol. The predicted molar refractivity (Wildman–Crippen MR) is 165 cm³/mol. The maximum Gasteiger partial charge on any atom is 0.330 e. The van der Waals surface area contributed by atoms with Crippen LogP contribution in [0, 0.1) is 30.1 Å². The molecule has 3 aromatic rings. The first-order valence-corrected chi connectivity index (χ1v) is 15.0. The number of nitriles is 1. The van der Waals surface area contributed by atoms with Gasteiger partial charge in [-0.1, -0.05) is 67.3 Å². The summed E-state index contributed by atoms with van der Waals surface area (Å²) in [5.74, 6) is -3.09. The maximum absolute atomic E-state index is 14.8. The fourth-order valence-electron chi connectivity index (χ4n) is 7.26. The summed E-state index contributed by atoms with van der Waals surface area (Å²) in [6.45, 7) is 3.51. The summed E-state index contributed by atoms with van der Waals surface area (Å²) in [5, 5.41) is 20.5. The summed E-state index contributed by atoms with van der Waals surface area (Å²) in [6.07, 6.45) is 4.20. The minimum absolute atomic E-state index is 0.235. The van der Waals surface area contributed by atoms with E-state index in [9.17, 15) is 24.8 Å². The number of carbonyl (C=O) groups excluding carboxylic acids is 2. The number of hydrogen-bond acceptors (Lipinski definition) is 6. The van der Waals surface area contributed by atoms with Gasteiger partial charge in [0.1, 0.15) is 5.54 Å². The van der Waals surface area contributed by atoms with Crippen LogP contribution in [0.5, 0.6) is 11.5 Å². The summed E-state index contributed by atoms with van der Waals surface area (Å²) in [7, 11) is 3.02. The quantitative estimate of drug-likeness (QED) is 0.297. The highest BCUT2D eigenvalue weighted by molar-refractivity contribution is 6.02. The highest BCUT2D eigenvalue weighted by atomic mass is 16.5. The number of benzene rings is 3. The van der Waals surface area contributed by atoms with Crippen molar-refractivity contribution >= 4 is 17.7 Å². The highest BCUT2D eigenvalue weighted by Gasteiger charge is 2.65. The van der Waals surface area contributed by atoms with Gasteiger partial charge >= 0.3 is 5.97 Å². The van der Waals surface area contributed by atoms with E-state index in [4.69, 9.17) is 9.47 Å². The van der Waals surface area contributed by atoms with E-state index in [1.54, 1.807) is 49.4 Å². The number of rotatable bonds is 8. The van der Waals surface area contributed by atoms with Gasteiger partial charge in [0.25, 0.3) is 0 Å². The van der Waals surface area contributed by atoms with Gasteiger partial charge in [-0.2, -0.15) is 5.26 Å². The molecule has 1 aliphatic carbocycles. The molecule has 1 saturated carbocycles. The van der Waals surface area contributed by atoms with Crippen molar-refractivity contribution in [1.29, 1.82) is 5.26 Å². The smallest absolute Gasteiger partial charge is 0.330 e. The Morgan fingerprint density at radius 1 is 0.909 bits per heavy atom. The van der Waals surface area contributed by atoms with Crippen molar-refractivity contribution < 1.29 is 29.0 Å². The second-order valence-corrected chi connectivity index (χ2v) is 12.0. The molecule has 44 heavy (non-hydrogen) atoms. The molecule has 0 aromatic heterocycles. The number of aliphatic carboxylic acids is 1. The van der Waals surface area contributed by atoms with Crippen molar-refractivity contribution in [2.24, 2.45) is 11.8 Å². The first-order chi connectivity index (χ1) is 21.1. The van der Waals surface area contributed by atoms with Gasteiger partial charge in [0.15, 0.2) is 17.3 Å². The van der Waals surface area contributed by atoms with E-state index in [1.165, 1.54) is 19.1 Å². The Morgan fingerprint density at radius 3 is 2.18 bits per heavy atom. The molecule has 8 nitrogen and oxygen atoms in total. The van der Waals surface area contributed by atoms with E-state index in [1.807, 2.05) is 31.2 Å². The molecule has 0 bridgehead atoms. The lowest BCUT2D eigenvalue weighted by molar-refractivity contribution is -0.160. The van der Waals surface area contributed by atoms with Gasteiger partial charge in [0, 0.05) is 17.4 Å². The van der Waals surface area contributed by atoms with E-state index in [0.29, 0.717) is 46.6 Å². The van der Waals surface area contributed by atoms with Crippen LogP contribution in [0.25, 0.3) is 0 Å². The van der Waals surface area contributed by atoms with E-state index in [0.717, 1.165) is 24.8 Å². The summed E-state index contributed by atoms with van der Waals surface area (Å²) in [4.78, 5) is 44.5. The van der Waals surface area contributed by atoms with Crippen LogP contribution in [0.4, 0.5) is 0 Å². The number of nitrogens with zero attached hydrogens (tertiary/aromatic N) is 2. The monoisotopic (exact) mass is 594 g/mol. The van der Waals surface area contributed by atoms with Crippen molar-refractivity contribution in [3.8, 4) is 17.6 Å². The van der Waals surface area contributed by atoms with Crippen LogP contribution in [0.3, 0.4) is 0 Å². The van der Waals surface area contributed by atoms with E-state index < -0.39 is 29.4 Å². The minimum Gasteiger partial charge on any atom is -0.493 e. The van der Waals surface area contributed by atoms with Crippen molar-refractivity contribution in [2.45, 2.75) is 63.5 Å². The summed E-state index contributed by atoms with van der Waals surface area (Å²) < 4.78 is 11.1. The molecule has 1 amide bonds. The number of amides is 1. The molecule has 4 atom stereocenters. The number of Topliss-reactive ketones (excluding diaryl/α,β-unsaturated/α-hetero) is 1. The lowest BCUT2D eigenvalue weighted by Crippen LogP contribution is -2.55. The molecule has 8 heteroatoms. The zero-order valence-corrected chi connectivity index (χ0v) is 25.6. The molecular formula is C36H38N2O6. The Hall–Kier alpha value is -4.64. The topological polar surface area (TPSA) is 117 Å². The Bertz CT molecular complexity index is 1600. The second kappa shape index (κ2) is 12.5. The molecule has 5 rings (SSSR count). The third-order valence-electron chi connectivity index (χ3n) is 9.46. The van der Waals surface area contributed by atoms with Crippen LogP contribution in [0.2, 0.25) is 0 Å². The normalized spacial score (nSPS) is 23.5. The molecule has 1 saturated heterocycles. The Morgan fingerprint density at radius 2 is 1.59 bits per heavy atom. The largest absolute Gasteiger partial charge is 0.493 e. The number of carboxylic acids is 1. The number of hydrogen-bond donors (Lipinski definition) is 1. The van der Waals surface area contributed by atoms with E-state index >= 15 is 0 Å². The Balaban J connectivity index is 1.81. The molecule has 4 unspecified atom stereocenters. The van der Waals surface area contributed by atoms with Crippen LogP contribution in [-0.2, 0) is 9.59 Å². The number of likely N-dealkylation sites (tertiary alicyclic amines) is 1. The van der Waals surface area contributed by atoms with Gasteiger partial charge in [-0.3, -0.25) is 9.59 Å². The highest BCUT2D eigenvalue weighted by Crippen LogP contribution is 2.58. The van der Waals surface area contributed by atoms with Crippen LogP contribution in [0.15, 0.2) is 66.7 Å². The SMILES string of the molecule is COc1ccc(C2C(C(=O)c3ccc(C#N)cc3)C(c3cccc(C)c3)N(C(=O)C3CCCCC3)C2(C)C(=O)O)cc1OC. The van der Waals surface area contributed by atoms with Gasteiger partial charge in [-0.05, 0) is 62.1 Å². The van der Waals surface area contributed by atoms with Crippen LogP contribution in [-0.4, -0.2) is 47.4 Å². The fraction of sp³-hybridized carbons (Fsp3) is 0.389. The van der Waals surface area contributed by atoms with Gasteiger partial charge in [-0.25, -0.2) is 4.79 Å². The predicted octanol–water partition coefficient (Wildman–Crippen LogP) is 6.47. The molecule has 2 aliphatic rings. The lowest BCUT2D eigenvalue weighted by atomic mass is 9.71. The van der Waals surface area contributed by atoms with E-state index in [-0.39, 0.29) is 17.6 Å². The zero-order valence-electron chi connectivity index (χ0n) is 25.6. The molecule has 1 aliphatic heterocycles. The number of methoxy groups -OCH3 is 2. The van der Waals surface area contributed by atoms with Crippen LogP contribution >= 0.6 is 0 Å². The molecule has 0 radical (unpaired) electrons. The minimum atomic E-state index is -1.78. The molecule has 1 heterocycles. The van der Waals surface area contributed by atoms with Gasteiger partial charge in [-0.15, -0.1) is 0 Å². The molecule has 228 valence electrons. The van der Waals surface area contributed by atoms with Gasteiger partial charge in [0.05, 0.1) is 37.8 Å². The molecule has 2 fully saturated rings. The lowest BCUT2D eigenvalue weighted by Gasteiger charge is -2.40. The molecule has 1 N–H and O–H groups in total. The standard InChI is InChI=1S/C36H38N2O6/c1-22-9-8-12-27(19-22)32-30(33(39)24-15-13-23(21-37)14-16-24)31(26-17-18-28(43-3)29(20-26)44-4)36(2,35(41)42)38(32)34(40)25-10-6-5-7-11-25/h8-9,12-20,25,30-32H,5-7,10-11H2,1-4H3,(H,41,42). The van der Waals surface area contributed by atoms with Crippen molar-refractivity contribution in [2.75, 3.05) is 14.2 Å². The van der Waals surface area contributed by atoms with E-state index in [2.05, 4.69) is 6.07 Å². The second-order valence-electron chi connectivity index (χ2n) is 12.0. The first-order valence-electron chi connectivity index (χ1n) is 15.0. The van der Waals surface area contributed by atoms with Crippen molar-refractivity contribution in [3.63, 3.8) is 0 Å². The van der Waals surface area contributed by atoms with Crippen molar-refractivity contribution in [3.05, 3.63) is 94.5 Å². The third kappa shape index (κ3) is 5.32. The van der Waals surface area contributed by atoms with Crippen LogP contribution in [0.1, 0.15) is 83.6 Å². The first kappa shape index (κ1) is 30.8. The summed E-state index contributed by atoms with van der Waals surface area (Å²) in [6, 6.07) is 20.4. The fourth-order valence-corrected chi connectivity index (χ4v) is 7.26. The molecule has 3 aromatic carbocycles. The molecule has 0 spiro atoms. The number of ketones is 1. The number of aryl methyl sites for hydroxylation is 1. The third-order valence-corrected chi connectivity index (χ3v) is 9.46. The number of carboxylic acid groups (broad SMARTS) is 1.